The number of thiazole rings is 1. The van der Waals surface area contributed by atoms with Crippen LogP contribution in [0.5, 0.6) is 0 Å². The van der Waals surface area contributed by atoms with Crippen LogP contribution < -0.4 is 0 Å². The Morgan fingerprint density at radius 3 is 2.84 bits per heavy atom. The van der Waals surface area contributed by atoms with Crippen LogP contribution in [0.2, 0.25) is 0 Å². The molecular formula is C12H9F2NO2S2. The molecule has 0 amide bonds. The molecular weight excluding hydrogens is 292 g/mol. The second-order valence-corrected chi connectivity index (χ2v) is 5.95. The lowest BCUT2D eigenvalue weighted by molar-refractivity contribution is 0.0701. The smallest absolute Gasteiger partial charge is 0.347 e. The van der Waals surface area contributed by atoms with E-state index in [1.807, 2.05) is 0 Å². The highest BCUT2D eigenvalue weighted by atomic mass is 32.2. The van der Waals surface area contributed by atoms with Gasteiger partial charge >= 0.3 is 5.97 Å². The maximum atomic E-state index is 13.4. The lowest BCUT2D eigenvalue weighted by Crippen LogP contribution is -1.94. The molecule has 7 heteroatoms. The minimum atomic E-state index is -1.03. The number of benzene rings is 1. The highest BCUT2D eigenvalue weighted by Gasteiger charge is 2.14. The Morgan fingerprint density at radius 1 is 1.47 bits per heavy atom. The van der Waals surface area contributed by atoms with E-state index < -0.39 is 17.6 Å². The normalized spacial score (nSPS) is 10.7. The number of nitrogens with zero attached hydrogens (tertiary/aromatic N) is 1. The molecule has 0 spiro atoms. The molecule has 0 saturated heterocycles. The molecule has 1 heterocycles. The summed E-state index contributed by atoms with van der Waals surface area (Å²) in [5, 5.41) is 8.90. The number of aromatic nitrogens is 1. The van der Waals surface area contributed by atoms with Gasteiger partial charge in [-0.3, -0.25) is 0 Å². The van der Waals surface area contributed by atoms with Crippen molar-refractivity contribution in [2.75, 3.05) is 0 Å². The zero-order chi connectivity index (χ0) is 14.0. The van der Waals surface area contributed by atoms with Crippen molar-refractivity contribution in [3.05, 3.63) is 46.0 Å². The van der Waals surface area contributed by atoms with Crippen LogP contribution in [-0.4, -0.2) is 16.1 Å². The van der Waals surface area contributed by atoms with Gasteiger partial charge in [0.2, 0.25) is 0 Å². The summed E-state index contributed by atoms with van der Waals surface area (Å²) in [6, 6.07) is 3.25. The van der Waals surface area contributed by atoms with E-state index in [4.69, 9.17) is 5.11 Å². The van der Waals surface area contributed by atoms with Crippen molar-refractivity contribution >= 4 is 29.1 Å². The van der Waals surface area contributed by atoms with E-state index >= 15 is 0 Å². The monoisotopic (exact) mass is 301 g/mol. The predicted molar refractivity (Wildman–Crippen MR) is 69.7 cm³/mol. The average Bonchev–Trinajstić information content (AvgIpc) is 2.72. The fourth-order valence-electron chi connectivity index (χ4n) is 1.43. The Bertz CT molecular complexity index is 628. The van der Waals surface area contributed by atoms with E-state index in [1.165, 1.54) is 11.8 Å². The number of carbonyl (C=O) groups is 1. The molecule has 1 aromatic heterocycles. The highest BCUT2D eigenvalue weighted by molar-refractivity contribution is 8.00. The lowest BCUT2D eigenvalue weighted by Gasteiger charge is -2.01. The van der Waals surface area contributed by atoms with Crippen molar-refractivity contribution in [2.45, 2.75) is 17.0 Å². The van der Waals surface area contributed by atoms with Gasteiger partial charge in [-0.25, -0.2) is 18.6 Å². The predicted octanol–water partition coefficient (Wildman–Crippen LogP) is 3.72. The minimum Gasteiger partial charge on any atom is -0.477 e. The number of hydrogen-bond donors (Lipinski definition) is 1. The van der Waals surface area contributed by atoms with Gasteiger partial charge in [-0.2, -0.15) is 0 Å². The zero-order valence-corrected chi connectivity index (χ0v) is 11.4. The summed E-state index contributed by atoms with van der Waals surface area (Å²) in [5.74, 6) is -1.81. The summed E-state index contributed by atoms with van der Waals surface area (Å²) in [4.78, 5) is 15.1. The van der Waals surface area contributed by atoms with Gasteiger partial charge in [0, 0.05) is 11.3 Å². The lowest BCUT2D eigenvalue weighted by atomic mass is 10.2. The fourth-order valence-corrected chi connectivity index (χ4v) is 3.43. The highest BCUT2D eigenvalue weighted by Crippen LogP contribution is 2.30. The van der Waals surface area contributed by atoms with E-state index in [-0.39, 0.29) is 16.2 Å². The van der Waals surface area contributed by atoms with Gasteiger partial charge in [-0.05, 0) is 25.1 Å². The molecule has 2 aromatic rings. The summed E-state index contributed by atoms with van der Waals surface area (Å²) in [7, 11) is 0. The number of aromatic carboxylic acids is 1. The van der Waals surface area contributed by atoms with Crippen molar-refractivity contribution in [1.82, 2.24) is 4.98 Å². The summed E-state index contributed by atoms with van der Waals surface area (Å²) >= 11 is 2.22. The topological polar surface area (TPSA) is 50.2 Å². The number of carboxylic acids is 1. The van der Waals surface area contributed by atoms with Crippen LogP contribution in [0.15, 0.2) is 22.5 Å². The van der Waals surface area contributed by atoms with Crippen LogP contribution in [0, 0.1) is 18.6 Å². The Labute approximate surface area is 116 Å². The molecule has 2 rings (SSSR count). The molecule has 1 aromatic carbocycles. The maximum Gasteiger partial charge on any atom is 0.347 e. The summed E-state index contributed by atoms with van der Waals surface area (Å²) in [6.45, 7) is 1.60. The van der Waals surface area contributed by atoms with Crippen LogP contribution >= 0.6 is 23.1 Å². The third kappa shape index (κ3) is 3.30. The molecule has 0 aliphatic heterocycles. The molecule has 0 bridgehead atoms. The molecule has 0 aliphatic carbocycles. The van der Waals surface area contributed by atoms with Crippen molar-refractivity contribution in [2.24, 2.45) is 0 Å². The Kier molecular flexibility index (Phi) is 4.16. The van der Waals surface area contributed by atoms with Crippen LogP contribution in [0.4, 0.5) is 8.78 Å². The Balaban J connectivity index is 2.12. The van der Waals surface area contributed by atoms with Crippen molar-refractivity contribution in [1.29, 1.82) is 0 Å². The van der Waals surface area contributed by atoms with Gasteiger partial charge in [0.15, 0.2) is 4.34 Å². The van der Waals surface area contributed by atoms with Gasteiger partial charge in [-0.15, -0.1) is 11.3 Å². The van der Waals surface area contributed by atoms with Crippen LogP contribution in [-0.2, 0) is 5.75 Å². The molecule has 0 radical (unpaired) electrons. The molecule has 0 fully saturated rings. The Morgan fingerprint density at radius 2 is 2.21 bits per heavy atom. The summed E-state index contributed by atoms with van der Waals surface area (Å²) in [6.07, 6.45) is 0. The number of aryl methyl sites for hydroxylation is 1. The van der Waals surface area contributed by atoms with Crippen LogP contribution in [0.3, 0.4) is 0 Å². The number of halogens is 2. The number of carboxylic acid groups (broad SMARTS) is 1. The molecule has 0 unspecified atom stereocenters. The molecule has 0 aliphatic rings. The van der Waals surface area contributed by atoms with Crippen molar-refractivity contribution < 1.29 is 18.7 Å². The average molecular weight is 301 g/mol. The first-order valence-electron chi connectivity index (χ1n) is 5.25. The Hall–Kier alpha value is -1.47. The van der Waals surface area contributed by atoms with Crippen LogP contribution in [0.1, 0.15) is 20.9 Å². The molecule has 3 nitrogen and oxygen atoms in total. The molecule has 100 valence electrons. The maximum absolute atomic E-state index is 13.4. The van der Waals surface area contributed by atoms with Crippen molar-refractivity contribution in [3.8, 4) is 0 Å². The number of thioether (sulfide) groups is 1. The van der Waals surface area contributed by atoms with Gasteiger partial charge in [0.05, 0.1) is 5.69 Å². The van der Waals surface area contributed by atoms with E-state index in [0.717, 1.165) is 29.5 Å². The quantitative estimate of drug-likeness (QED) is 0.874. The molecule has 19 heavy (non-hydrogen) atoms. The van der Waals surface area contributed by atoms with E-state index in [2.05, 4.69) is 4.98 Å². The largest absolute Gasteiger partial charge is 0.477 e. The fraction of sp³-hybridized carbons (Fsp3) is 0.167. The van der Waals surface area contributed by atoms with Gasteiger partial charge in [-0.1, -0.05) is 11.8 Å². The third-order valence-corrected chi connectivity index (χ3v) is 4.67. The van der Waals surface area contributed by atoms with Gasteiger partial charge in [0.25, 0.3) is 0 Å². The minimum absolute atomic E-state index is 0.169. The second-order valence-electron chi connectivity index (χ2n) is 3.72. The summed E-state index contributed by atoms with van der Waals surface area (Å²) < 4.78 is 26.9. The molecule has 1 N–H and O–H groups in total. The van der Waals surface area contributed by atoms with Crippen LogP contribution in [0.25, 0.3) is 0 Å². The van der Waals surface area contributed by atoms with Crippen molar-refractivity contribution in [3.63, 3.8) is 0 Å². The van der Waals surface area contributed by atoms with E-state index in [1.54, 1.807) is 6.92 Å². The molecule has 0 atom stereocenters. The molecule has 0 saturated carbocycles. The first-order chi connectivity index (χ1) is 8.97. The van der Waals surface area contributed by atoms with Gasteiger partial charge in [0.1, 0.15) is 16.5 Å². The number of rotatable bonds is 4. The first-order valence-corrected chi connectivity index (χ1v) is 7.05. The second kappa shape index (κ2) is 5.66. The van der Waals surface area contributed by atoms with Gasteiger partial charge < -0.3 is 5.11 Å². The SMILES string of the molecule is Cc1nc(SCc2cc(F)ccc2F)sc1C(=O)O. The zero-order valence-electron chi connectivity index (χ0n) is 9.81. The summed E-state index contributed by atoms with van der Waals surface area (Å²) in [5.41, 5.74) is 0.662. The van der Waals surface area contributed by atoms with E-state index in [9.17, 15) is 13.6 Å². The first kappa shape index (κ1) is 14.0. The number of hydrogen-bond acceptors (Lipinski definition) is 4. The standard InChI is InChI=1S/C12H9F2NO2S2/c1-6-10(11(16)17)19-12(15-6)18-5-7-4-8(13)2-3-9(7)14/h2-4H,5H2,1H3,(H,16,17). The van der Waals surface area contributed by atoms with E-state index in [0.29, 0.717) is 10.0 Å². The third-order valence-electron chi connectivity index (χ3n) is 2.33.